The zero-order valence-corrected chi connectivity index (χ0v) is 15.4. The minimum absolute atomic E-state index is 0.452. The number of carbonyl (C=O) groups is 1. The van der Waals surface area contributed by atoms with Crippen molar-refractivity contribution in [2.75, 3.05) is 0 Å². The average molecular weight is 434 g/mol. The highest BCUT2D eigenvalue weighted by atomic mass is 32.2. The van der Waals surface area contributed by atoms with Gasteiger partial charge < -0.3 is 25.5 Å². The van der Waals surface area contributed by atoms with Gasteiger partial charge in [-0.15, -0.1) is 0 Å². The minimum atomic E-state index is -4.96. The van der Waals surface area contributed by atoms with Crippen LogP contribution in [0.15, 0.2) is 29.2 Å². The third-order valence-corrected chi connectivity index (χ3v) is 5.94. The van der Waals surface area contributed by atoms with E-state index < -0.39 is 82.0 Å². The molecule has 2 aromatic carbocycles. The molecule has 2 aromatic rings. The number of benzene rings is 2. The van der Waals surface area contributed by atoms with Gasteiger partial charge in [0.2, 0.25) is 0 Å². The highest BCUT2D eigenvalue weighted by Gasteiger charge is 2.25. The second-order valence-electron chi connectivity index (χ2n) is 5.77. The van der Waals surface area contributed by atoms with E-state index in [4.69, 9.17) is 9.66 Å². The van der Waals surface area contributed by atoms with Gasteiger partial charge in [-0.3, -0.25) is 4.55 Å². The number of hydrogen-bond donors (Lipinski definition) is 6. The van der Waals surface area contributed by atoms with E-state index in [9.17, 15) is 42.1 Å². The molecule has 0 aliphatic rings. The zero-order chi connectivity index (χ0) is 21.4. The van der Waals surface area contributed by atoms with Crippen molar-refractivity contribution in [3.63, 3.8) is 0 Å². The van der Waals surface area contributed by atoms with Crippen LogP contribution in [0.3, 0.4) is 0 Å². The zero-order valence-electron chi connectivity index (χ0n) is 13.8. The van der Waals surface area contributed by atoms with Crippen molar-refractivity contribution in [2.24, 2.45) is 0 Å². The lowest BCUT2D eigenvalue weighted by Gasteiger charge is -2.12. The summed E-state index contributed by atoms with van der Waals surface area (Å²) in [5.41, 5.74) is -1.75. The first-order valence-electron chi connectivity index (χ1n) is 7.22. The van der Waals surface area contributed by atoms with Crippen LogP contribution in [0.25, 0.3) is 0 Å². The molecule has 11 nitrogen and oxygen atoms in total. The molecule has 0 aliphatic heterocycles. The second-order valence-corrected chi connectivity index (χ2v) is 9.22. The normalized spacial score (nSPS) is 12.0. The van der Waals surface area contributed by atoms with Gasteiger partial charge in [0.1, 0.15) is 33.5 Å². The maximum Gasteiger partial charge on any atom is 0.339 e. The Hall–Kier alpha value is -3.03. The van der Waals surface area contributed by atoms with Crippen molar-refractivity contribution < 1.29 is 51.7 Å². The van der Waals surface area contributed by atoms with Gasteiger partial charge in [0.15, 0.2) is 9.84 Å². The fourth-order valence-corrected chi connectivity index (χ4v) is 4.57. The van der Waals surface area contributed by atoms with Gasteiger partial charge in [0.25, 0.3) is 10.1 Å². The first kappa shape index (κ1) is 21.3. The molecular formula is C15H14O11S2. The Morgan fingerprint density at radius 3 is 1.71 bits per heavy atom. The minimum Gasteiger partial charge on any atom is -0.508 e. The summed E-state index contributed by atoms with van der Waals surface area (Å²) in [4.78, 5) is 9.93. The molecular weight excluding hydrogens is 420 g/mol. The van der Waals surface area contributed by atoms with Crippen LogP contribution < -0.4 is 0 Å². The van der Waals surface area contributed by atoms with Gasteiger partial charge in [0.05, 0.1) is 11.5 Å². The van der Waals surface area contributed by atoms with Crippen LogP contribution in [0.4, 0.5) is 0 Å². The highest BCUT2D eigenvalue weighted by Crippen LogP contribution is 2.34. The number of hydrogen-bond acceptors (Lipinski definition) is 9. The van der Waals surface area contributed by atoms with Crippen molar-refractivity contribution >= 4 is 25.9 Å². The Morgan fingerprint density at radius 1 is 0.786 bits per heavy atom. The summed E-state index contributed by atoms with van der Waals surface area (Å²) >= 11 is 0. The highest BCUT2D eigenvalue weighted by molar-refractivity contribution is 7.89. The van der Waals surface area contributed by atoms with Crippen LogP contribution in [-0.2, 0) is 31.5 Å². The molecule has 0 unspecified atom stereocenters. The number of carboxylic acids is 1. The van der Waals surface area contributed by atoms with Gasteiger partial charge in [-0.1, -0.05) is 0 Å². The third kappa shape index (κ3) is 4.62. The number of aromatic carboxylic acids is 1. The summed E-state index contributed by atoms with van der Waals surface area (Å²) in [7, 11) is -9.25. The van der Waals surface area contributed by atoms with Crippen molar-refractivity contribution in [2.45, 2.75) is 16.4 Å². The number of phenols is 4. The van der Waals surface area contributed by atoms with E-state index in [0.29, 0.717) is 12.1 Å². The lowest BCUT2D eigenvalue weighted by atomic mass is 10.1. The molecule has 28 heavy (non-hydrogen) atoms. The molecule has 0 amide bonds. The van der Waals surface area contributed by atoms with Crippen LogP contribution in [0.1, 0.15) is 21.5 Å². The Kier molecular flexibility index (Phi) is 5.45. The molecule has 0 atom stereocenters. The van der Waals surface area contributed by atoms with Crippen LogP contribution in [0.5, 0.6) is 23.0 Å². The summed E-state index contributed by atoms with van der Waals surface area (Å²) in [6.45, 7) is 0. The van der Waals surface area contributed by atoms with Gasteiger partial charge in [0, 0.05) is 17.2 Å². The average Bonchev–Trinajstić information content (AvgIpc) is 2.51. The molecule has 0 aromatic heterocycles. The summed E-state index contributed by atoms with van der Waals surface area (Å²) in [5, 5.41) is 47.8. The van der Waals surface area contributed by atoms with Crippen LogP contribution in [0, 0.1) is 0 Å². The quantitative estimate of drug-likeness (QED) is 0.273. The maximum absolute atomic E-state index is 12.4. The predicted octanol–water partition coefficient (Wildman–Crippen LogP) is 0.569. The predicted molar refractivity (Wildman–Crippen MR) is 92.6 cm³/mol. The Morgan fingerprint density at radius 2 is 1.25 bits per heavy atom. The van der Waals surface area contributed by atoms with E-state index in [-0.39, 0.29) is 0 Å². The number of carboxylic acid groups (broad SMARTS) is 1. The molecule has 0 fully saturated rings. The monoisotopic (exact) mass is 434 g/mol. The number of aromatic hydroxyl groups is 4. The molecule has 6 N–H and O–H groups in total. The molecule has 0 aliphatic carbocycles. The maximum atomic E-state index is 12.4. The van der Waals surface area contributed by atoms with E-state index >= 15 is 0 Å². The van der Waals surface area contributed by atoms with Crippen molar-refractivity contribution in [3.8, 4) is 23.0 Å². The van der Waals surface area contributed by atoms with Crippen molar-refractivity contribution in [3.05, 3.63) is 41.0 Å². The van der Waals surface area contributed by atoms with E-state index in [2.05, 4.69) is 0 Å². The standard InChI is InChI=1S/C15H14O11S2/c16-9-1-7(13(18)11(3-9)15(20)21)5-27(22,23)6-8-2-10(17)4-12(14(8)19)28(24,25)26/h1-4,16-19H,5-6H2,(H,20,21)(H,24,25,26). The lowest BCUT2D eigenvalue weighted by molar-refractivity contribution is 0.0693. The smallest absolute Gasteiger partial charge is 0.339 e. The molecule has 0 saturated heterocycles. The number of rotatable bonds is 6. The lowest BCUT2D eigenvalue weighted by Crippen LogP contribution is -2.10. The molecule has 0 spiro atoms. The molecule has 0 radical (unpaired) electrons. The van der Waals surface area contributed by atoms with E-state index in [0.717, 1.165) is 12.1 Å². The summed E-state index contributed by atoms with van der Waals surface area (Å²) in [6, 6.07) is 2.81. The number of sulfone groups is 1. The largest absolute Gasteiger partial charge is 0.508 e. The molecule has 0 bridgehead atoms. The summed E-state index contributed by atoms with van der Waals surface area (Å²) in [6.07, 6.45) is 0. The topological polar surface area (TPSA) is 207 Å². The van der Waals surface area contributed by atoms with Crippen molar-refractivity contribution in [1.82, 2.24) is 0 Å². The Bertz CT molecular complexity index is 1160. The number of phenolic OH excluding ortho intramolecular Hbond substituents is 3. The van der Waals surface area contributed by atoms with Crippen LogP contribution >= 0.6 is 0 Å². The summed E-state index contributed by atoms with van der Waals surface area (Å²) in [5.74, 6) is -6.99. The third-order valence-electron chi connectivity index (χ3n) is 3.57. The van der Waals surface area contributed by atoms with E-state index in [1.54, 1.807) is 0 Å². The first-order valence-corrected chi connectivity index (χ1v) is 10.5. The fourth-order valence-electron chi connectivity index (χ4n) is 2.43. The van der Waals surface area contributed by atoms with Crippen molar-refractivity contribution in [1.29, 1.82) is 0 Å². The molecule has 13 heteroatoms. The van der Waals surface area contributed by atoms with Gasteiger partial charge >= 0.3 is 5.97 Å². The first-order chi connectivity index (χ1) is 12.7. The molecule has 2 rings (SSSR count). The Balaban J connectivity index is 2.47. The molecule has 0 saturated carbocycles. The van der Waals surface area contributed by atoms with Gasteiger partial charge in [-0.05, 0) is 18.2 Å². The molecule has 152 valence electrons. The fraction of sp³-hybridized carbons (Fsp3) is 0.133. The SMILES string of the molecule is O=C(O)c1cc(O)cc(CS(=O)(=O)Cc2cc(O)cc(S(=O)(=O)O)c2O)c1O. The van der Waals surface area contributed by atoms with Crippen LogP contribution in [0.2, 0.25) is 0 Å². The molecule has 0 heterocycles. The summed E-state index contributed by atoms with van der Waals surface area (Å²) < 4.78 is 56.3. The van der Waals surface area contributed by atoms with E-state index in [1.807, 2.05) is 0 Å². The Labute approximate surface area is 158 Å². The van der Waals surface area contributed by atoms with E-state index in [1.165, 1.54) is 0 Å². The van der Waals surface area contributed by atoms with Gasteiger partial charge in [-0.2, -0.15) is 8.42 Å². The van der Waals surface area contributed by atoms with Gasteiger partial charge in [-0.25, -0.2) is 13.2 Å². The van der Waals surface area contributed by atoms with Crippen LogP contribution in [-0.4, -0.2) is 52.9 Å². The second kappa shape index (κ2) is 7.18.